The number of aromatic amines is 1. The lowest BCUT2D eigenvalue weighted by molar-refractivity contribution is 0.0512. The van der Waals surface area contributed by atoms with Crippen LogP contribution in [0.3, 0.4) is 0 Å². The average molecular weight is 272 g/mol. The highest BCUT2D eigenvalue weighted by Crippen LogP contribution is 2.27. The predicted octanol–water partition coefficient (Wildman–Crippen LogP) is 1.22. The molecule has 1 atom stereocenters. The van der Waals surface area contributed by atoms with Gasteiger partial charge in [0.05, 0.1) is 12.5 Å². The first-order valence-electron chi connectivity index (χ1n) is 6.67. The molecule has 2 heterocycles. The van der Waals surface area contributed by atoms with Gasteiger partial charge in [-0.3, -0.25) is 5.10 Å². The first kappa shape index (κ1) is 12.8. The fraction of sp³-hybridized carbons (Fsp3) is 0.357. The maximum atomic E-state index is 11.6. The summed E-state index contributed by atoms with van der Waals surface area (Å²) in [5.74, 6) is 0.361. The average Bonchev–Trinajstić information content (AvgIpc) is 2.97. The van der Waals surface area contributed by atoms with Gasteiger partial charge in [-0.05, 0) is 18.1 Å². The van der Waals surface area contributed by atoms with Crippen molar-refractivity contribution in [3.8, 4) is 0 Å². The van der Waals surface area contributed by atoms with Crippen LogP contribution in [0.25, 0.3) is 0 Å². The zero-order valence-corrected chi connectivity index (χ0v) is 11.2. The molecule has 1 aromatic carbocycles. The Morgan fingerprint density at radius 1 is 1.45 bits per heavy atom. The molecule has 104 valence electrons. The van der Waals surface area contributed by atoms with Crippen LogP contribution in [0.15, 0.2) is 24.3 Å². The maximum absolute atomic E-state index is 11.6. The van der Waals surface area contributed by atoms with Crippen molar-refractivity contribution in [3.63, 3.8) is 0 Å². The summed E-state index contributed by atoms with van der Waals surface area (Å²) in [5, 5.41) is 10.1. The minimum Gasteiger partial charge on any atom is -0.460 e. The van der Waals surface area contributed by atoms with Gasteiger partial charge in [-0.1, -0.05) is 24.3 Å². The summed E-state index contributed by atoms with van der Waals surface area (Å²) in [6, 6.07) is 8.22. The second-order valence-corrected chi connectivity index (χ2v) is 4.65. The molecule has 6 nitrogen and oxygen atoms in total. The number of aromatic nitrogens is 3. The van der Waals surface area contributed by atoms with Gasteiger partial charge in [0.2, 0.25) is 0 Å². The van der Waals surface area contributed by atoms with Gasteiger partial charge in [-0.15, -0.1) is 5.10 Å². The van der Waals surface area contributed by atoms with Gasteiger partial charge in [0, 0.05) is 13.1 Å². The van der Waals surface area contributed by atoms with Gasteiger partial charge in [0.25, 0.3) is 5.82 Å². The van der Waals surface area contributed by atoms with E-state index >= 15 is 0 Å². The van der Waals surface area contributed by atoms with E-state index in [4.69, 9.17) is 4.74 Å². The molecule has 20 heavy (non-hydrogen) atoms. The van der Waals surface area contributed by atoms with Crippen molar-refractivity contribution in [1.29, 1.82) is 0 Å². The van der Waals surface area contributed by atoms with Gasteiger partial charge in [0.15, 0.2) is 0 Å². The first-order chi connectivity index (χ1) is 9.79. The highest BCUT2D eigenvalue weighted by molar-refractivity contribution is 5.84. The van der Waals surface area contributed by atoms with Crippen molar-refractivity contribution in [2.45, 2.75) is 19.4 Å². The van der Waals surface area contributed by atoms with Crippen LogP contribution in [-0.2, 0) is 11.3 Å². The summed E-state index contributed by atoms with van der Waals surface area (Å²) in [5.41, 5.74) is 2.47. The molecule has 1 aliphatic rings. The molecule has 0 bridgehead atoms. The van der Waals surface area contributed by atoms with Crippen LogP contribution >= 0.6 is 0 Å². The summed E-state index contributed by atoms with van der Waals surface area (Å²) in [6.45, 7) is 3.70. The standard InChI is InChI=1S/C14H16N4O2/c1-2-20-14(19)13-16-12(17-18-13)11-8-15-7-9-5-3-4-6-10(9)11/h3-6,11,15H,2,7-8H2,1H3,(H,16,17,18). The van der Waals surface area contributed by atoms with Crippen LogP contribution in [0.5, 0.6) is 0 Å². The maximum Gasteiger partial charge on any atom is 0.378 e. The number of hydrogen-bond donors (Lipinski definition) is 2. The monoisotopic (exact) mass is 272 g/mol. The molecule has 0 spiro atoms. The van der Waals surface area contributed by atoms with E-state index in [1.54, 1.807) is 6.92 Å². The molecule has 2 N–H and O–H groups in total. The number of carbonyl (C=O) groups excluding carboxylic acids is 1. The number of hydrogen-bond acceptors (Lipinski definition) is 5. The molecule has 0 saturated carbocycles. The molecule has 0 saturated heterocycles. The smallest absolute Gasteiger partial charge is 0.378 e. The van der Waals surface area contributed by atoms with Crippen LogP contribution in [0.1, 0.15) is 40.4 Å². The van der Waals surface area contributed by atoms with Crippen LogP contribution in [0.2, 0.25) is 0 Å². The molecular formula is C14H16N4O2. The normalized spacial score (nSPS) is 17.6. The Labute approximate surface area is 116 Å². The molecule has 6 heteroatoms. The lowest BCUT2D eigenvalue weighted by atomic mass is 9.90. The second kappa shape index (κ2) is 5.42. The van der Waals surface area contributed by atoms with Gasteiger partial charge >= 0.3 is 5.97 Å². The zero-order valence-electron chi connectivity index (χ0n) is 11.2. The number of rotatable bonds is 3. The SMILES string of the molecule is CCOC(=O)c1n[nH]c(C2CNCc3ccccc32)n1. The van der Waals surface area contributed by atoms with Crippen LogP contribution in [0.4, 0.5) is 0 Å². The van der Waals surface area contributed by atoms with Crippen LogP contribution < -0.4 is 5.32 Å². The number of fused-ring (bicyclic) bond motifs is 1. The summed E-state index contributed by atoms with van der Waals surface area (Å²) in [7, 11) is 0. The number of benzene rings is 1. The minimum atomic E-state index is -0.493. The van der Waals surface area contributed by atoms with E-state index < -0.39 is 5.97 Å². The Bertz CT molecular complexity index is 623. The molecule has 1 aromatic heterocycles. The third-order valence-corrected chi connectivity index (χ3v) is 3.39. The number of ether oxygens (including phenoxy) is 1. The van der Waals surface area contributed by atoms with Crippen LogP contribution in [-0.4, -0.2) is 34.3 Å². The van der Waals surface area contributed by atoms with E-state index in [1.165, 1.54) is 11.1 Å². The molecule has 0 amide bonds. The molecule has 2 aromatic rings. The van der Waals surface area contributed by atoms with Gasteiger partial charge in [0.1, 0.15) is 5.82 Å². The van der Waals surface area contributed by atoms with E-state index in [0.717, 1.165) is 13.1 Å². The molecule has 0 fully saturated rings. The largest absolute Gasteiger partial charge is 0.460 e. The summed E-state index contributed by atoms with van der Waals surface area (Å²) in [4.78, 5) is 15.9. The van der Waals surface area contributed by atoms with Gasteiger partial charge in [-0.25, -0.2) is 9.78 Å². The third-order valence-electron chi connectivity index (χ3n) is 3.39. The number of nitrogens with zero attached hydrogens (tertiary/aromatic N) is 2. The number of carbonyl (C=O) groups is 1. The molecule has 0 radical (unpaired) electrons. The van der Waals surface area contributed by atoms with Gasteiger partial charge in [-0.2, -0.15) is 0 Å². The van der Waals surface area contributed by atoms with Crippen molar-refractivity contribution in [2.75, 3.05) is 13.2 Å². The van der Waals surface area contributed by atoms with Crippen molar-refractivity contribution >= 4 is 5.97 Å². The lowest BCUT2D eigenvalue weighted by Gasteiger charge is -2.24. The minimum absolute atomic E-state index is 0.0793. The van der Waals surface area contributed by atoms with Gasteiger partial charge < -0.3 is 10.1 Å². The van der Waals surface area contributed by atoms with Crippen molar-refractivity contribution < 1.29 is 9.53 Å². The Kier molecular flexibility index (Phi) is 3.47. The van der Waals surface area contributed by atoms with E-state index in [2.05, 4.69) is 32.6 Å². The molecule has 1 unspecified atom stereocenters. The fourth-order valence-corrected chi connectivity index (χ4v) is 2.46. The Morgan fingerprint density at radius 2 is 2.30 bits per heavy atom. The van der Waals surface area contributed by atoms with E-state index in [0.29, 0.717) is 12.4 Å². The van der Waals surface area contributed by atoms with E-state index in [9.17, 15) is 4.79 Å². The highest BCUT2D eigenvalue weighted by atomic mass is 16.5. The van der Waals surface area contributed by atoms with Crippen LogP contribution in [0, 0.1) is 0 Å². The fourth-order valence-electron chi connectivity index (χ4n) is 2.46. The van der Waals surface area contributed by atoms with Crippen molar-refractivity contribution in [2.24, 2.45) is 0 Å². The second-order valence-electron chi connectivity index (χ2n) is 4.65. The van der Waals surface area contributed by atoms with Crippen molar-refractivity contribution in [1.82, 2.24) is 20.5 Å². The summed E-state index contributed by atoms with van der Waals surface area (Å²) in [6.07, 6.45) is 0. The highest BCUT2D eigenvalue weighted by Gasteiger charge is 2.25. The quantitative estimate of drug-likeness (QED) is 0.821. The summed E-state index contributed by atoms with van der Waals surface area (Å²) >= 11 is 0. The first-order valence-corrected chi connectivity index (χ1v) is 6.67. The number of esters is 1. The third kappa shape index (κ3) is 2.30. The Balaban J connectivity index is 1.89. The molecule has 3 rings (SSSR count). The Morgan fingerprint density at radius 3 is 3.15 bits per heavy atom. The number of nitrogens with one attached hydrogen (secondary N) is 2. The van der Waals surface area contributed by atoms with E-state index in [1.807, 2.05) is 12.1 Å². The molecular weight excluding hydrogens is 256 g/mol. The molecule has 1 aliphatic heterocycles. The Hall–Kier alpha value is -2.21. The topological polar surface area (TPSA) is 79.9 Å². The molecule has 0 aliphatic carbocycles. The summed E-state index contributed by atoms with van der Waals surface area (Å²) < 4.78 is 4.90. The zero-order chi connectivity index (χ0) is 13.9. The predicted molar refractivity (Wildman–Crippen MR) is 72.3 cm³/mol. The lowest BCUT2D eigenvalue weighted by Crippen LogP contribution is -2.29. The van der Waals surface area contributed by atoms with Crippen molar-refractivity contribution in [3.05, 3.63) is 47.0 Å². The number of H-pyrrole nitrogens is 1. The van der Waals surface area contributed by atoms with E-state index in [-0.39, 0.29) is 11.7 Å².